The fourth-order valence-corrected chi connectivity index (χ4v) is 19.5. The molecule has 0 saturated carbocycles. The van der Waals surface area contributed by atoms with Gasteiger partial charge in [-0.2, -0.15) is 30.6 Å². The van der Waals surface area contributed by atoms with Crippen LogP contribution in [0, 0.1) is 0 Å². The number of nitrogens with zero attached hydrogens (tertiary/aromatic N) is 22. The van der Waals surface area contributed by atoms with E-state index in [1.54, 1.807) is 36.3 Å². The van der Waals surface area contributed by atoms with E-state index in [4.69, 9.17) is 94.0 Å². The molecule has 3 N–H and O–H groups in total. The monoisotopic (exact) mass is 1900 g/mol. The van der Waals surface area contributed by atoms with Crippen molar-refractivity contribution in [1.29, 1.82) is 0 Å². The van der Waals surface area contributed by atoms with Gasteiger partial charge >= 0.3 is 12.1 Å². The normalized spacial score (nSPS) is 15.7. The Hall–Kier alpha value is -12.3. The van der Waals surface area contributed by atoms with Crippen LogP contribution in [-0.2, 0) is 16.1 Å². The van der Waals surface area contributed by atoms with Crippen molar-refractivity contribution in [2.45, 2.75) is 127 Å². The van der Waals surface area contributed by atoms with Gasteiger partial charge in [-0.05, 0) is 261 Å². The first-order valence-electron chi connectivity index (χ1n) is 46.1. The Morgan fingerprint density at radius 1 is 0.381 bits per heavy atom. The number of amides is 4. The van der Waals surface area contributed by atoms with Gasteiger partial charge in [-0.1, -0.05) is 71.3 Å². The SMILES string of the molecule is CCCCN1CCC(c2nn(-c3ccc(Cl)cc3)c3cnccc23)CC1.CN(C)C(=O)N1CCC(c2nn(-c3ccc(Cl)cc3)c3cnccc23)CC1.COC(=O)N1CCC(c2nn(-c3ccc(Cl)cc3)c3cnccc23)CC1.Clc1ccc(-n2nc(C3CCN(Cc4ccn[nH]4)CC3)c3ccncc32)cc1.NCCC(=O)N1CCC(c2nn(-c3ccc(Cl)cc3)c3cnccc23)CC1. The molecule has 5 aliphatic rings. The quantitative estimate of drug-likeness (QED) is 0.0856. The van der Waals surface area contributed by atoms with E-state index in [2.05, 4.69) is 64.0 Å². The summed E-state index contributed by atoms with van der Waals surface area (Å²) in [4.78, 5) is 69.7. The van der Waals surface area contributed by atoms with Crippen LogP contribution in [0.15, 0.2) is 226 Å². The number of hydrogen-bond acceptors (Lipinski definition) is 18. The minimum atomic E-state index is -0.260. The molecule has 5 aliphatic heterocycles. The van der Waals surface area contributed by atoms with Crippen molar-refractivity contribution in [3.8, 4) is 28.4 Å². The van der Waals surface area contributed by atoms with Crippen molar-refractivity contribution in [1.82, 2.24) is 113 Å². The number of methoxy groups -OCH3 is 1. The molecule has 0 atom stereocenters. The lowest BCUT2D eigenvalue weighted by molar-refractivity contribution is -0.132. The van der Waals surface area contributed by atoms with E-state index in [-0.39, 0.29) is 18.0 Å². The maximum atomic E-state index is 12.2. The lowest BCUT2D eigenvalue weighted by Crippen LogP contribution is -2.43. The molecule has 0 unspecified atom stereocenters. The standard InChI is InChI=1S/C21H21ClN6.C21H25ClN4.2C20H22ClN5O.C19H19ClN4O2/c22-16-1-3-18(4-2-16)28-20-13-23-9-6-19(20)21(26-28)15-7-11-27(12-8-15)14-17-5-10-24-25-17;1-2-3-12-25-13-9-16(10-14-25)21-19-8-11-23-15-20(19)26(24-21)18-6-4-17(22)5-7-18;1-24(2)20(27)25-11-8-14(9-12-25)19-17-7-10-22-13-18(17)26(23-19)16-5-3-15(21)4-6-16;21-15-1-3-16(4-2-15)26-18-13-23-10-6-17(18)20(24-26)14-7-11-25(12-8-14)19(27)5-9-22;1-26-19(25)23-10-7-13(8-11-23)18-16-6-9-21-12-17(16)24(22-18)15-4-2-14(20)3-5-15/h1-6,9-10,13,15H,7-8,11-12,14H2,(H,24,25);4-8,11,15-16H,2-3,9-10,12-14H2,1H3;3-7,10,13-14H,8-9,11-12H2,1-2H3;1-4,6,10,13-14H,5,7-9,11-12,22H2;2-6,9,12-13H,7-8,10-11H2,1H3. The van der Waals surface area contributed by atoms with Crippen LogP contribution in [-0.4, -0.2) is 231 Å². The van der Waals surface area contributed by atoms with Gasteiger partial charge in [-0.25, -0.2) is 33.0 Å². The summed E-state index contributed by atoms with van der Waals surface area (Å²) in [5.74, 6) is 2.08. The molecule has 134 heavy (non-hydrogen) atoms. The number of halogens is 5. The van der Waals surface area contributed by atoms with Crippen LogP contribution in [0.4, 0.5) is 9.59 Å². The van der Waals surface area contributed by atoms with Gasteiger partial charge < -0.3 is 35.0 Å². The molecule has 33 heteroatoms. The molecule has 11 aromatic heterocycles. The van der Waals surface area contributed by atoms with Gasteiger partial charge in [0.15, 0.2) is 0 Å². The van der Waals surface area contributed by atoms with E-state index in [1.165, 1.54) is 80.3 Å². The highest BCUT2D eigenvalue weighted by molar-refractivity contribution is 6.32. The van der Waals surface area contributed by atoms with Crippen LogP contribution >= 0.6 is 58.0 Å². The summed E-state index contributed by atoms with van der Waals surface area (Å²) in [6.45, 7) is 13.7. The number of pyridine rings is 5. The van der Waals surface area contributed by atoms with Gasteiger partial charge in [-0.3, -0.25) is 39.7 Å². The lowest BCUT2D eigenvalue weighted by atomic mass is 9.92. The lowest BCUT2D eigenvalue weighted by Gasteiger charge is -2.33. The average Bonchev–Trinajstić information content (AvgIpc) is 1.65. The maximum Gasteiger partial charge on any atom is 0.409 e. The zero-order chi connectivity index (χ0) is 92.7. The van der Waals surface area contributed by atoms with E-state index in [0.29, 0.717) is 70.7 Å². The molecule has 692 valence electrons. The Morgan fingerprint density at radius 2 is 0.664 bits per heavy atom. The summed E-state index contributed by atoms with van der Waals surface area (Å²) < 4.78 is 14.6. The van der Waals surface area contributed by atoms with Crippen molar-refractivity contribution in [3.05, 3.63) is 285 Å². The number of fused-ring (bicyclic) bond motifs is 5. The molecule has 4 amide bonds. The second kappa shape index (κ2) is 43.8. The smallest absolute Gasteiger partial charge is 0.409 e. The van der Waals surface area contributed by atoms with Gasteiger partial charge in [0.2, 0.25) is 5.91 Å². The third-order valence-corrected chi connectivity index (χ3v) is 27.3. The van der Waals surface area contributed by atoms with Crippen molar-refractivity contribution in [2.75, 3.05) is 99.7 Å². The summed E-state index contributed by atoms with van der Waals surface area (Å²) >= 11 is 30.2. The molecule has 28 nitrogen and oxygen atoms in total. The number of rotatable bonds is 17. The molecule has 5 saturated heterocycles. The zero-order valence-electron chi connectivity index (χ0n) is 75.6. The van der Waals surface area contributed by atoms with E-state index in [1.807, 2.05) is 235 Å². The van der Waals surface area contributed by atoms with E-state index in [0.717, 1.165) is 196 Å². The number of ether oxygens (including phenoxy) is 1. The van der Waals surface area contributed by atoms with Crippen molar-refractivity contribution >= 4 is 131 Å². The van der Waals surface area contributed by atoms with Crippen LogP contribution in [0.1, 0.15) is 154 Å². The second-order valence-electron chi connectivity index (χ2n) is 34.8. The first-order chi connectivity index (χ1) is 65.4. The molecule has 0 spiro atoms. The number of likely N-dealkylation sites (tertiary alicyclic amines) is 5. The number of urea groups is 1. The fourth-order valence-electron chi connectivity index (χ4n) is 18.9. The number of hydrogen-bond donors (Lipinski definition) is 2. The van der Waals surface area contributed by atoms with Crippen LogP contribution in [0.2, 0.25) is 25.1 Å². The Balaban J connectivity index is 0.000000117. The minimum absolute atomic E-state index is 0.0780. The molecule has 21 rings (SSSR count). The summed E-state index contributed by atoms with van der Waals surface area (Å²) in [5, 5.41) is 41.2. The van der Waals surface area contributed by atoms with E-state index < -0.39 is 0 Å². The molecular weight excluding hydrogens is 1790 g/mol. The van der Waals surface area contributed by atoms with Crippen LogP contribution in [0.25, 0.3) is 83.0 Å². The third-order valence-electron chi connectivity index (χ3n) is 26.1. The fraction of sp³-hybridized carbons (Fsp3) is 0.347. The predicted molar refractivity (Wildman–Crippen MR) is 529 cm³/mol. The van der Waals surface area contributed by atoms with Gasteiger partial charge in [0.25, 0.3) is 0 Å². The Bertz CT molecular complexity index is 6610. The molecule has 0 aliphatic carbocycles. The van der Waals surface area contributed by atoms with Crippen molar-refractivity contribution < 1.29 is 19.1 Å². The number of H-pyrrole nitrogens is 1. The molecule has 0 bridgehead atoms. The highest BCUT2D eigenvalue weighted by Gasteiger charge is 2.34. The van der Waals surface area contributed by atoms with Crippen LogP contribution in [0.5, 0.6) is 0 Å². The first-order valence-corrected chi connectivity index (χ1v) is 47.9. The minimum Gasteiger partial charge on any atom is -0.453 e. The molecule has 16 heterocycles. The number of carbonyl (C=O) groups is 3. The summed E-state index contributed by atoms with van der Waals surface area (Å²) in [6, 6.07) is 50.9. The van der Waals surface area contributed by atoms with Crippen molar-refractivity contribution in [3.63, 3.8) is 0 Å². The Kier molecular flexibility index (Phi) is 30.6. The molecule has 0 radical (unpaired) electrons. The van der Waals surface area contributed by atoms with Crippen molar-refractivity contribution in [2.24, 2.45) is 5.73 Å². The topological polar surface area (TPSA) is 288 Å². The Labute approximate surface area is 803 Å². The van der Waals surface area contributed by atoms with Crippen LogP contribution < -0.4 is 5.73 Å². The summed E-state index contributed by atoms with van der Waals surface area (Å²) in [5.41, 5.74) is 22.2. The predicted octanol–water partition coefficient (Wildman–Crippen LogP) is 20.3. The number of carbonyl (C=O) groups excluding carboxylic acids is 3. The number of aromatic amines is 1. The number of nitrogens with one attached hydrogen (secondary N) is 1. The highest BCUT2D eigenvalue weighted by Crippen LogP contribution is 2.41. The molecular formula is C101H109Cl5N24O4. The number of nitrogens with two attached hydrogens (primary N) is 1. The van der Waals surface area contributed by atoms with Crippen LogP contribution in [0.3, 0.4) is 0 Å². The van der Waals surface area contributed by atoms with Gasteiger partial charge in [-0.15, -0.1) is 0 Å². The second-order valence-corrected chi connectivity index (χ2v) is 37.0. The number of unbranched alkanes of at least 4 members (excludes halogenated alkanes) is 1. The third kappa shape index (κ3) is 21.7. The van der Waals surface area contributed by atoms with E-state index >= 15 is 0 Å². The zero-order valence-corrected chi connectivity index (χ0v) is 79.4. The number of aromatic nitrogens is 17. The number of benzene rings is 5. The maximum absolute atomic E-state index is 12.2. The van der Waals surface area contributed by atoms with Gasteiger partial charge in [0.1, 0.15) is 0 Å². The first kappa shape index (κ1) is 93.6. The van der Waals surface area contributed by atoms with E-state index in [9.17, 15) is 14.4 Å². The molecule has 5 aromatic carbocycles. The summed E-state index contributed by atoms with van der Waals surface area (Å²) in [6.07, 6.45) is 32.9. The average molecular weight is 1900 g/mol. The molecule has 5 fully saturated rings. The summed E-state index contributed by atoms with van der Waals surface area (Å²) in [7, 11) is 5.01. The highest BCUT2D eigenvalue weighted by atomic mass is 35.5. The van der Waals surface area contributed by atoms with Gasteiger partial charge in [0.05, 0.1) is 123 Å². The number of piperidine rings is 5. The van der Waals surface area contributed by atoms with Gasteiger partial charge in [0, 0.05) is 197 Å². The Morgan fingerprint density at radius 3 is 0.933 bits per heavy atom. The molecule has 16 aromatic rings. The largest absolute Gasteiger partial charge is 0.453 e.